The number of amides is 1. The van der Waals surface area contributed by atoms with Crippen LogP contribution in [-0.4, -0.2) is 32.1 Å². The van der Waals surface area contributed by atoms with Gasteiger partial charge in [0.2, 0.25) is 5.91 Å². The Morgan fingerprint density at radius 3 is 2.88 bits per heavy atom. The number of likely N-dealkylation sites (tertiary alicyclic amines) is 1. The third-order valence-corrected chi connectivity index (χ3v) is 5.58. The van der Waals surface area contributed by atoms with E-state index in [-0.39, 0.29) is 17.8 Å². The number of halogens is 1. The SMILES string of the molecule is O=C(CCc1ccccc1F)N1CCCC1c1nnc2n1CCCCC2. The molecule has 1 atom stereocenters. The summed E-state index contributed by atoms with van der Waals surface area (Å²) < 4.78 is 16.0. The van der Waals surface area contributed by atoms with Crippen molar-refractivity contribution in [3.8, 4) is 0 Å². The number of benzene rings is 1. The summed E-state index contributed by atoms with van der Waals surface area (Å²) in [6, 6.07) is 6.70. The summed E-state index contributed by atoms with van der Waals surface area (Å²) in [4.78, 5) is 14.8. The van der Waals surface area contributed by atoms with Gasteiger partial charge < -0.3 is 9.47 Å². The molecule has 4 rings (SSSR count). The van der Waals surface area contributed by atoms with E-state index in [1.54, 1.807) is 12.1 Å². The Bertz CT molecular complexity index is 788. The maximum absolute atomic E-state index is 13.8. The van der Waals surface area contributed by atoms with Crippen LogP contribution in [0.1, 0.15) is 61.8 Å². The Kier molecular flexibility index (Phi) is 5.00. The van der Waals surface area contributed by atoms with Crippen molar-refractivity contribution in [3.63, 3.8) is 0 Å². The minimum absolute atomic E-state index is 0.0162. The second-order valence-electron chi connectivity index (χ2n) is 7.27. The highest BCUT2D eigenvalue weighted by Crippen LogP contribution is 2.33. The van der Waals surface area contributed by atoms with E-state index < -0.39 is 0 Å². The lowest BCUT2D eigenvalue weighted by molar-refractivity contribution is -0.132. The van der Waals surface area contributed by atoms with E-state index in [1.165, 1.54) is 12.5 Å². The van der Waals surface area contributed by atoms with Gasteiger partial charge in [-0.3, -0.25) is 4.79 Å². The molecule has 0 bridgehead atoms. The van der Waals surface area contributed by atoms with Crippen molar-refractivity contribution >= 4 is 5.91 Å². The van der Waals surface area contributed by atoms with Crippen LogP contribution in [0.4, 0.5) is 4.39 Å². The van der Waals surface area contributed by atoms with Crippen LogP contribution in [-0.2, 0) is 24.2 Å². The smallest absolute Gasteiger partial charge is 0.223 e. The van der Waals surface area contributed by atoms with Gasteiger partial charge in [-0.1, -0.05) is 24.6 Å². The van der Waals surface area contributed by atoms with Gasteiger partial charge in [-0.2, -0.15) is 0 Å². The van der Waals surface area contributed by atoms with Gasteiger partial charge in [-0.25, -0.2) is 4.39 Å². The maximum Gasteiger partial charge on any atom is 0.223 e. The molecule has 1 saturated heterocycles. The quantitative estimate of drug-likeness (QED) is 0.843. The number of carbonyl (C=O) groups excluding carboxylic acids is 1. The fraction of sp³-hybridized carbons (Fsp3) is 0.550. The van der Waals surface area contributed by atoms with Crippen LogP contribution in [0.25, 0.3) is 0 Å². The minimum Gasteiger partial charge on any atom is -0.332 e. The average molecular weight is 356 g/mol. The fourth-order valence-electron chi connectivity index (χ4n) is 4.17. The second-order valence-corrected chi connectivity index (χ2v) is 7.27. The maximum atomic E-state index is 13.8. The second kappa shape index (κ2) is 7.56. The van der Waals surface area contributed by atoms with Gasteiger partial charge >= 0.3 is 0 Å². The molecule has 2 aromatic rings. The molecule has 6 heteroatoms. The predicted molar refractivity (Wildman–Crippen MR) is 96.0 cm³/mol. The first-order chi connectivity index (χ1) is 12.7. The Morgan fingerprint density at radius 1 is 1.12 bits per heavy atom. The number of aromatic nitrogens is 3. The molecule has 1 fully saturated rings. The molecule has 1 aromatic heterocycles. The molecular weight excluding hydrogens is 331 g/mol. The van der Waals surface area contributed by atoms with Crippen molar-refractivity contribution < 1.29 is 9.18 Å². The number of nitrogens with zero attached hydrogens (tertiary/aromatic N) is 4. The highest BCUT2D eigenvalue weighted by atomic mass is 19.1. The van der Waals surface area contributed by atoms with Crippen LogP contribution in [0.5, 0.6) is 0 Å². The van der Waals surface area contributed by atoms with Crippen LogP contribution in [0.3, 0.4) is 0 Å². The molecule has 1 unspecified atom stereocenters. The Morgan fingerprint density at radius 2 is 2.00 bits per heavy atom. The number of carbonyl (C=O) groups is 1. The van der Waals surface area contributed by atoms with Crippen molar-refractivity contribution in [3.05, 3.63) is 47.3 Å². The van der Waals surface area contributed by atoms with Crippen LogP contribution < -0.4 is 0 Å². The summed E-state index contributed by atoms with van der Waals surface area (Å²) >= 11 is 0. The van der Waals surface area contributed by atoms with Crippen LogP contribution in [0.2, 0.25) is 0 Å². The fourth-order valence-corrected chi connectivity index (χ4v) is 4.17. The molecule has 0 N–H and O–H groups in total. The zero-order valence-corrected chi connectivity index (χ0v) is 15.0. The molecule has 3 heterocycles. The van der Waals surface area contributed by atoms with E-state index in [0.29, 0.717) is 18.4 Å². The molecule has 5 nitrogen and oxygen atoms in total. The number of fused-ring (bicyclic) bond motifs is 1. The number of hydrogen-bond donors (Lipinski definition) is 0. The molecule has 0 radical (unpaired) electrons. The van der Waals surface area contributed by atoms with E-state index in [0.717, 1.165) is 56.8 Å². The predicted octanol–water partition coefficient (Wildman–Crippen LogP) is 3.44. The summed E-state index contributed by atoms with van der Waals surface area (Å²) in [6.45, 7) is 1.70. The third-order valence-electron chi connectivity index (χ3n) is 5.58. The molecule has 0 spiro atoms. The summed E-state index contributed by atoms with van der Waals surface area (Å²) in [5.74, 6) is 1.85. The normalized spacial score (nSPS) is 20.0. The Balaban J connectivity index is 1.47. The van der Waals surface area contributed by atoms with Gasteiger partial charge in [0.25, 0.3) is 0 Å². The van der Waals surface area contributed by atoms with Crippen LogP contribution in [0, 0.1) is 5.82 Å². The van der Waals surface area contributed by atoms with Crippen LogP contribution >= 0.6 is 0 Å². The first-order valence-corrected chi connectivity index (χ1v) is 9.69. The monoisotopic (exact) mass is 356 g/mol. The van der Waals surface area contributed by atoms with Crippen molar-refractivity contribution in [2.45, 2.75) is 64.0 Å². The zero-order valence-electron chi connectivity index (χ0n) is 15.0. The lowest BCUT2D eigenvalue weighted by atomic mass is 10.1. The summed E-state index contributed by atoms with van der Waals surface area (Å²) in [6.07, 6.45) is 7.19. The van der Waals surface area contributed by atoms with Crippen molar-refractivity contribution in [1.82, 2.24) is 19.7 Å². The average Bonchev–Trinajstić information content (AvgIpc) is 3.21. The zero-order chi connectivity index (χ0) is 17.9. The van der Waals surface area contributed by atoms with Crippen LogP contribution in [0.15, 0.2) is 24.3 Å². The number of aryl methyl sites for hydroxylation is 2. The summed E-state index contributed by atoms with van der Waals surface area (Å²) in [7, 11) is 0. The molecule has 0 aliphatic carbocycles. The van der Waals surface area contributed by atoms with Gasteiger partial charge in [-0.05, 0) is 43.7 Å². The third kappa shape index (κ3) is 3.37. The van der Waals surface area contributed by atoms with Gasteiger partial charge in [-0.15, -0.1) is 10.2 Å². The highest BCUT2D eigenvalue weighted by molar-refractivity contribution is 5.77. The number of rotatable bonds is 4. The van der Waals surface area contributed by atoms with E-state index in [4.69, 9.17) is 0 Å². The van der Waals surface area contributed by atoms with E-state index in [2.05, 4.69) is 14.8 Å². The van der Waals surface area contributed by atoms with Crippen molar-refractivity contribution in [2.24, 2.45) is 0 Å². The Labute approximate surface area is 153 Å². The first kappa shape index (κ1) is 17.2. The van der Waals surface area contributed by atoms with Crippen molar-refractivity contribution in [1.29, 1.82) is 0 Å². The molecule has 0 saturated carbocycles. The van der Waals surface area contributed by atoms with E-state index >= 15 is 0 Å². The van der Waals surface area contributed by atoms with Gasteiger partial charge in [0.15, 0.2) is 5.82 Å². The standard InChI is InChI=1S/C20H25FN4O/c21-16-8-4-3-7-15(16)11-12-19(26)24-14-6-9-17(24)20-23-22-18-10-2-1-5-13-25(18)20/h3-4,7-8,17H,1-2,5-6,9-14H2. The first-order valence-electron chi connectivity index (χ1n) is 9.69. The molecule has 138 valence electrons. The Hall–Kier alpha value is -2.24. The number of hydrogen-bond acceptors (Lipinski definition) is 3. The highest BCUT2D eigenvalue weighted by Gasteiger charge is 2.34. The molecular formula is C20H25FN4O. The molecule has 26 heavy (non-hydrogen) atoms. The van der Waals surface area contributed by atoms with E-state index in [9.17, 15) is 9.18 Å². The molecule has 2 aliphatic heterocycles. The van der Waals surface area contributed by atoms with Gasteiger partial charge in [0.05, 0.1) is 6.04 Å². The van der Waals surface area contributed by atoms with E-state index in [1.807, 2.05) is 11.0 Å². The molecule has 1 amide bonds. The summed E-state index contributed by atoms with van der Waals surface area (Å²) in [5, 5.41) is 8.83. The topological polar surface area (TPSA) is 51.0 Å². The van der Waals surface area contributed by atoms with Gasteiger partial charge in [0.1, 0.15) is 11.6 Å². The minimum atomic E-state index is -0.235. The summed E-state index contributed by atoms with van der Waals surface area (Å²) in [5.41, 5.74) is 0.605. The van der Waals surface area contributed by atoms with Gasteiger partial charge in [0, 0.05) is 25.9 Å². The molecule has 2 aliphatic rings. The van der Waals surface area contributed by atoms with Crippen molar-refractivity contribution in [2.75, 3.05) is 6.54 Å². The lowest BCUT2D eigenvalue weighted by Gasteiger charge is -2.25. The lowest BCUT2D eigenvalue weighted by Crippen LogP contribution is -2.32. The largest absolute Gasteiger partial charge is 0.332 e. The molecule has 1 aromatic carbocycles.